The Bertz CT molecular complexity index is 3040. The molecule has 1 aliphatic carbocycles. The molecule has 0 amide bonds. The van der Waals surface area contributed by atoms with Gasteiger partial charge in [0.25, 0.3) is 0 Å². The van der Waals surface area contributed by atoms with Crippen molar-refractivity contribution in [3.05, 3.63) is 204 Å². The SMILES string of the molecule is CC1C(c2ccccc2)=NC(c2cc3ccccc3c3c2oc2cccc(-c4ccccc4)c23)=C=C2C(c3ccc(-c4ccccc4)c4ccccc34)C21. The van der Waals surface area contributed by atoms with Crippen LogP contribution < -0.4 is 0 Å². The van der Waals surface area contributed by atoms with Crippen LogP contribution in [0.4, 0.5) is 0 Å². The van der Waals surface area contributed by atoms with E-state index in [0.717, 1.165) is 55.4 Å². The Hall–Kier alpha value is -6.73. The molecule has 2 nitrogen and oxygen atoms in total. The third kappa shape index (κ3) is 4.78. The first-order valence-electron chi connectivity index (χ1n) is 18.9. The molecule has 2 heteroatoms. The van der Waals surface area contributed by atoms with Crippen LogP contribution in [0.5, 0.6) is 0 Å². The molecule has 1 aliphatic heterocycles. The van der Waals surface area contributed by atoms with Gasteiger partial charge in [0, 0.05) is 28.5 Å². The maximum atomic E-state index is 6.95. The topological polar surface area (TPSA) is 25.5 Å². The van der Waals surface area contributed by atoms with E-state index in [0.29, 0.717) is 0 Å². The van der Waals surface area contributed by atoms with Gasteiger partial charge in [-0.25, -0.2) is 4.99 Å². The number of rotatable bonds is 5. The van der Waals surface area contributed by atoms with Gasteiger partial charge in [0.15, 0.2) is 0 Å². The fourth-order valence-corrected chi connectivity index (χ4v) is 9.15. The molecule has 0 bridgehead atoms. The van der Waals surface area contributed by atoms with E-state index in [1.807, 2.05) is 0 Å². The average molecular weight is 690 g/mol. The number of nitrogens with zero attached hydrogens (tertiary/aromatic N) is 1. The van der Waals surface area contributed by atoms with Crippen LogP contribution in [0.15, 0.2) is 197 Å². The number of allylic oxidation sites excluding steroid dienone is 1. The Morgan fingerprint density at radius 1 is 0.519 bits per heavy atom. The molecule has 0 radical (unpaired) electrons. The predicted octanol–water partition coefficient (Wildman–Crippen LogP) is 13.6. The Labute approximate surface area is 314 Å². The van der Waals surface area contributed by atoms with Gasteiger partial charge in [-0.1, -0.05) is 176 Å². The summed E-state index contributed by atoms with van der Waals surface area (Å²) in [6.07, 6.45) is 0. The molecule has 11 rings (SSSR count). The van der Waals surface area contributed by atoms with Crippen LogP contribution in [-0.4, -0.2) is 5.71 Å². The van der Waals surface area contributed by atoms with Gasteiger partial charge in [0.2, 0.25) is 0 Å². The van der Waals surface area contributed by atoms with Crippen molar-refractivity contribution in [2.75, 3.05) is 0 Å². The van der Waals surface area contributed by atoms with Crippen molar-refractivity contribution in [2.24, 2.45) is 16.8 Å². The lowest BCUT2D eigenvalue weighted by Gasteiger charge is -2.17. The number of furan rings is 1. The Morgan fingerprint density at radius 3 is 1.89 bits per heavy atom. The van der Waals surface area contributed by atoms with Crippen molar-refractivity contribution >= 4 is 54.9 Å². The fourth-order valence-electron chi connectivity index (χ4n) is 9.15. The number of fused-ring (bicyclic) bond motifs is 7. The minimum Gasteiger partial charge on any atom is -0.455 e. The van der Waals surface area contributed by atoms with Crippen molar-refractivity contribution < 1.29 is 4.42 Å². The van der Waals surface area contributed by atoms with Crippen molar-refractivity contribution in [3.63, 3.8) is 0 Å². The van der Waals surface area contributed by atoms with E-state index in [2.05, 4.69) is 189 Å². The van der Waals surface area contributed by atoms with E-state index in [1.165, 1.54) is 44.0 Å². The zero-order valence-electron chi connectivity index (χ0n) is 29.8. The van der Waals surface area contributed by atoms with Crippen LogP contribution in [0.2, 0.25) is 0 Å². The van der Waals surface area contributed by atoms with E-state index < -0.39 is 0 Å². The molecule has 3 atom stereocenters. The smallest absolute Gasteiger partial charge is 0.146 e. The second kappa shape index (κ2) is 12.2. The van der Waals surface area contributed by atoms with Gasteiger partial charge >= 0.3 is 0 Å². The average Bonchev–Trinajstić information content (AvgIpc) is 3.84. The number of hydrogen-bond donors (Lipinski definition) is 0. The van der Waals surface area contributed by atoms with Crippen LogP contribution in [0.1, 0.15) is 29.5 Å². The zero-order chi connectivity index (χ0) is 35.8. The quantitative estimate of drug-likeness (QED) is 0.165. The van der Waals surface area contributed by atoms with Crippen molar-refractivity contribution in [3.8, 4) is 22.3 Å². The monoisotopic (exact) mass is 689 g/mol. The molecular formula is C52H35NO. The maximum Gasteiger partial charge on any atom is 0.146 e. The normalized spacial score (nSPS) is 17.9. The molecule has 1 fully saturated rings. The minimum atomic E-state index is 0.182. The highest BCUT2D eigenvalue weighted by Crippen LogP contribution is 2.60. The second-order valence-electron chi connectivity index (χ2n) is 14.7. The highest BCUT2D eigenvalue weighted by Gasteiger charge is 2.51. The van der Waals surface area contributed by atoms with Crippen LogP contribution in [0, 0.1) is 11.8 Å². The van der Waals surface area contributed by atoms with Crippen LogP contribution >= 0.6 is 0 Å². The van der Waals surface area contributed by atoms with E-state index in [9.17, 15) is 0 Å². The minimum absolute atomic E-state index is 0.182. The summed E-state index contributed by atoms with van der Waals surface area (Å²) < 4.78 is 6.95. The second-order valence-corrected chi connectivity index (χ2v) is 14.7. The number of benzene rings is 8. The number of aliphatic imine (C=N–C) groups is 1. The first-order chi connectivity index (χ1) is 26.7. The molecule has 2 aliphatic rings. The van der Waals surface area contributed by atoms with Gasteiger partial charge in [-0.15, -0.1) is 0 Å². The lowest BCUT2D eigenvalue weighted by Crippen LogP contribution is -2.15. The molecule has 0 saturated heterocycles. The summed E-state index contributed by atoms with van der Waals surface area (Å²) in [6.45, 7) is 2.35. The van der Waals surface area contributed by atoms with Gasteiger partial charge in [-0.05, 0) is 72.6 Å². The Kier molecular flexibility index (Phi) is 6.95. The molecule has 3 unspecified atom stereocenters. The largest absolute Gasteiger partial charge is 0.455 e. The molecule has 54 heavy (non-hydrogen) atoms. The van der Waals surface area contributed by atoms with Crippen LogP contribution in [0.3, 0.4) is 0 Å². The first kappa shape index (κ1) is 30.9. The third-order valence-electron chi connectivity index (χ3n) is 11.7. The molecule has 0 N–H and O–H groups in total. The summed E-state index contributed by atoms with van der Waals surface area (Å²) in [7, 11) is 0. The van der Waals surface area contributed by atoms with E-state index in [-0.39, 0.29) is 17.8 Å². The summed E-state index contributed by atoms with van der Waals surface area (Å²) in [5, 5.41) is 7.17. The van der Waals surface area contributed by atoms with Gasteiger partial charge in [0.1, 0.15) is 16.9 Å². The Balaban J connectivity index is 1.18. The van der Waals surface area contributed by atoms with Gasteiger partial charge in [-0.2, -0.15) is 0 Å². The molecule has 1 saturated carbocycles. The van der Waals surface area contributed by atoms with Crippen molar-refractivity contribution in [1.29, 1.82) is 0 Å². The van der Waals surface area contributed by atoms with Gasteiger partial charge in [-0.3, -0.25) is 0 Å². The van der Waals surface area contributed by atoms with Gasteiger partial charge in [0.05, 0.1) is 11.3 Å². The number of hydrogen-bond acceptors (Lipinski definition) is 2. The van der Waals surface area contributed by atoms with Crippen LogP contribution in [-0.2, 0) is 0 Å². The molecule has 1 aromatic heterocycles. The van der Waals surface area contributed by atoms with Crippen molar-refractivity contribution in [1.82, 2.24) is 0 Å². The van der Waals surface area contributed by atoms with E-state index in [4.69, 9.17) is 9.41 Å². The van der Waals surface area contributed by atoms with Crippen LogP contribution in [0.25, 0.3) is 71.4 Å². The Morgan fingerprint density at radius 2 is 1.15 bits per heavy atom. The van der Waals surface area contributed by atoms with E-state index in [1.54, 1.807) is 0 Å². The first-order valence-corrected chi connectivity index (χ1v) is 18.9. The lowest BCUT2D eigenvalue weighted by molar-refractivity contribution is 0.661. The maximum absolute atomic E-state index is 6.95. The fraction of sp³-hybridized carbons (Fsp3) is 0.0769. The summed E-state index contributed by atoms with van der Waals surface area (Å²) in [5.41, 5.74) is 17.3. The molecular weight excluding hydrogens is 655 g/mol. The highest BCUT2D eigenvalue weighted by molar-refractivity contribution is 6.25. The summed E-state index contributed by atoms with van der Waals surface area (Å²) >= 11 is 0. The van der Waals surface area contributed by atoms with Crippen molar-refractivity contribution in [2.45, 2.75) is 12.8 Å². The third-order valence-corrected chi connectivity index (χ3v) is 11.7. The summed E-state index contributed by atoms with van der Waals surface area (Å²) in [4.78, 5) is 5.57. The standard InChI is InChI=1S/C52H35NO/c1-32-47-44(48(47)42-29-28-37(33-16-5-2-6-17-33)40-24-13-14-25-41(40)42)31-45(53-51(32)35-20-9-4-10-21-35)43-30-36-22-11-12-23-39(36)50-49-38(34-18-7-3-8-19-34)26-15-27-46(49)54-52(43)50/h2-30,32,47-48H,1H3. The summed E-state index contributed by atoms with van der Waals surface area (Å²) in [5.74, 6) is 0.695. The molecule has 2 heterocycles. The lowest BCUT2D eigenvalue weighted by atomic mass is 9.89. The molecule has 254 valence electrons. The zero-order valence-corrected chi connectivity index (χ0v) is 29.8. The summed E-state index contributed by atoms with van der Waals surface area (Å²) in [6, 6.07) is 63.0. The molecule has 0 spiro atoms. The highest BCUT2D eigenvalue weighted by atomic mass is 16.3. The van der Waals surface area contributed by atoms with E-state index >= 15 is 0 Å². The molecule has 9 aromatic rings. The van der Waals surface area contributed by atoms with Gasteiger partial charge < -0.3 is 4.42 Å². The predicted molar refractivity (Wildman–Crippen MR) is 225 cm³/mol. The molecule has 8 aromatic carbocycles.